The lowest BCUT2D eigenvalue weighted by atomic mass is 10.1. The van der Waals surface area contributed by atoms with Gasteiger partial charge in [-0.05, 0) is 52.5 Å². The molecule has 0 radical (unpaired) electrons. The fourth-order valence-corrected chi connectivity index (χ4v) is 4.05. The van der Waals surface area contributed by atoms with Crippen LogP contribution in [0.1, 0.15) is 111 Å². The molecule has 1 rings (SSSR count). The molecule has 0 aromatic rings. The first-order valence-electron chi connectivity index (χ1n) is 11.7. The summed E-state index contributed by atoms with van der Waals surface area (Å²) in [7, 11) is 0. The number of hydrogen-bond donors (Lipinski definition) is 0. The summed E-state index contributed by atoms with van der Waals surface area (Å²) in [4.78, 5) is 2.59. The van der Waals surface area contributed by atoms with Crippen molar-refractivity contribution in [3.63, 3.8) is 0 Å². The second-order valence-electron chi connectivity index (χ2n) is 8.45. The summed E-state index contributed by atoms with van der Waals surface area (Å²) in [5, 5.41) is 0. The van der Waals surface area contributed by atoms with Gasteiger partial charge in [0.1, 0.15) is 0 Å². The molecule has 1 aliphatic rings. The molecule has 1 aliphatic heterocycles. The van der Waals surface area contributed by atoms with E-state index in [0.29, 0.717) is 12.2 Å². The highest BCUT2D eigenvalue weighted by molar-refractivity contribution is 4.81. The molecule has 26 heavy (non-hydrogen) atoms. The molecule has 0 N–H and O–H groups in total. The van der Waals surface area contributed by atoms with Crippen LogP contribution in [0.2, 0.25) is 0 Å². The molecule has 2 unspecified atom stereocenters. The van der Waals surface area contributed by atoms with E-state index >= 15 is 0 Å². The zero-order valence-corrected chi connectivity index (χ0v) is 18.2. The van der Waals surface area contributed by atoms with Gasteiger partial charge in [0.2, 0.25) is 0 Å². The van der Waals surface area contributed by atoms with Gasteiger partial charge in [-0.1, -0.05) is 76.9 Å². The number of hydrogen-bond acceptors (Lipinski definition) is 2. The quantitative estimate of drug-likeness (QED) is 0.213. The molecular formula is C24H47NO. The molecule has 2 nitrogen and oxygen atoms in total. The Labute approximate surface area is 164 Å². The normalized spacial score (nSPS) is 21.7. The summed E-state index contributed by atoms with van der Waals surface area (Å²) in [6.45, 7) is 10.2. The second kappa shape index (κ2) is 16.8. The first-order chi connectivity index (χ1) is 12.7. The lowest BCUT2D eigenvalue weighted by Crippen LogP contribution is -2.45. The third-order valence-electron chi connectivity index (χ3n) is 5.48. The average molecular weight is 366 g/mol. The van der Waals surface area contributed by atoms with Crippen molar-refractivity contribution in [1.29, 1.82) is 0 Å². The highest BCUT2D eigenvalue weighted by atomic mass is 16.5. The number of rotatable bonds is 16. The Kier molecular flexibility index (Phi) is 15.3. The summed E-state index contributed by atoms with van der Waals surface area (Å²) < 4.78 is 5.80. The molecule has 0 aliphatic carbocycles. The Morgan fingerprint density at radius 3 is 1.69 bits per heavy atom. The maximum Gasteiger partial charge on any atom is 0.0678 e. The van der Waals surface area contributed by atoms with Crippen LogP contribution in [0, 0.1) is 0 Å². The molecule has 2 atom stereocenters. The molecule has 1 saturated heterocycles. The van der Waals surface area contributed by atoms with Gasteiger partial charge in [0.25, 0.3) is 0 Å². The van der Waals surface area contributed by atoms with Crippen LogP contribution in [0.15, 0.2) is 12.2 Å². The summed E-state index contributed by atoms with van der Waals surface area (Å²) >= 11 is 0. The van der Waals surface area contributed by atoms with E-state index in [0.717, 1.165) is 13.1 Å². The average Bonchev–Trinajstić information content (AvgIpc) is 2.60. The fraction of sp³-hybridized carbons (Fsp3) is 0.917. The van der Waals surface area contributed by atoms with Crippen molar-refractivity contribution in [2.75, 3.05) is 19.6 Å². The largest absolute Gasteiger partial charge is 0.373 e. The van der Waals surface area contributed by atoms with Crippen molar-refractivity contribution in [1.82, 2.24) is 4.90 Å². The minimum Gasteiger partial charge on any atom is -0.373 e. The molecule has 0 aromatic carbocycles. The highest BCUT2D eigenvalue weighted by Crippen LogP contribution is 2.13. The number of unbranched alkanes of at least 4 members (excludes halogenated alkanes) is 12. The maximum atomic E-state index is 5.80. The lowest BCUT2D eigenvalue weighted by molar-refractivity contribution is -0.0681. The smallest absolute Gasteiger partial charge is 0.0678 e. The first-order valence-corrected chi connectivity index (χ1v) is 11.7. The molecule has 0 bridgehead atoms. The van der Waals surface area contributed by atoms with E-state index in [1.165, 1.54) is 96.4 Å². The number of allylic oxidation sites excluding steroid dienone is 2. The van der Waals surface area contributed by atoms with Crippen molar-refractivity contribution >= 4 is 0 Å². The van der Waals surface area contributed by atoms with E-state index < -0.39 is 0 Å². The van der Waals surface area contributed by atoms with Crippen molar-refractivity contribution in [3.05, 3.63) is 12.2 Å². The third-order valence-corrected chi connectivity index (χ3v) is 5.48. The van der Waals surface area contributed by atoms with Crippen molar-refractivity contribution in [2.45, 2.75) is 123 Å². The van der Waals surface area contributed by atoms with Gasteiger partial charge < -0.3 is 4.74 Å². The van der Waals surface area contributed by atoms with E-state index in [1.54, 1.807) is 0 Å². The summed E-state index contributed by atoms with van der Waals surface area (Å²) in [6.07, 6.45) is 25.1. The van der Waals surface area contributed by atoms with Gasteiger partial charge in [-0.25, -0.2) is 0 Å². The Balaban J connectivity index is 1.78. The Morgan fingerprint density at radius 1 is 0.692 bits per heavy atom. The van der Waals surface area contributed by atoms with E-state index in [1.807, 2.05) is 0 Å². The minimum absolute atomic E-state index is 0.410. The van der Waals surface area contributed by atoms with Gasteiger partial charge in [0.15, 0.2) is 0 Å². The van der Waals surface area contributed by atoms with Crippen LogP contribution in [0.5, 0.6) is 0 Å². The van der Waals surface area contributed by atoms with Gasteiger partial charge in [0.05, 0.1) is 12.2 Å². The van der Waals surface area contributed by atoms with Gasteiger partial charge in [-0.3, -0.25) is 4.90 Å². The fourth-order valence-electron chi connectivity index (χ4n) is 4.05. The predicted molar refractivity (Wildman–Crippen MR) is 116 cm³/mol. The topological polar surface area (TPSA) is 12.5 Å². The predicted octanol–water partition coefficient (Wildman–Crippen LogP) is 7.13. The van der Waals surface area contributed by atoms with E-state index in [4.69, 9.17) is 4.74 Å². The molecule has 0 aromatic heterocycles. The van der Waals surface area contributed by atoms with Crippen LogP contribution >= 0.6 is 0 Å². The van der Waals surface area contributed by atoms with Crippen LogP contribution in [-0.2, 0) is 4.74 Å². The van der Waals surface area contributed by atoms with Crippen LogP contribution in [-0.4, -0.2) is 36.7 Å². The SMILES string of the molecule is CCCCCCCC/C=C\CCCCCCCCN1CC(C)OC(C)C1. The van der Waals surface area contributed by atoms with Crippen LogP contribution in [0.3, 0.4) is 0 Å². The van der Waals surface area contributed by atoms with E-state index in [2.05, 4.69) is 37.8 Å². The van der Waals surface area contributed by atoms with Crippen LogP contribution in [0.4, 0.5) is 0 Å². The number of nitrogens with zero attached hydrogens (tertiary/aromatic N) is 1. The molecule has 0 amide bonds. The lowest BCUT2D eigenvalue weighted by Gasteiger charge is -2.35. The second-order valence-corrected chi connectivity index (χ2v) is 8.45. The molecule has 1 heterocycles. The van der Waals surface area contributed by atoms with Crippen molar-refractivity contribution in [3.8, 4) is 0 Å². The molecule has 154 valence electrons. The molecule has 0 spiro atoms. The standard InChI is InChI=1S/C24H47NO/c1-4-5-6-7-8-9-10-11-12-13-14-15-16-17-18-19-20-25-21-23(2)26-24(3)22-25/h11-12,23-24H,4-10,13-22H2,1-3H3/b12-11-. The van der Waals surface area contributed by atoms with Gasteiger partial charge in [0, 0.05) is 13.1 Å². The molecule has 0 saturated carbocycles. The zero-order chi connectivity index (χ0) is 18.9. The summed E-state index contributed by atoms with van der Waals surface area (Å²) in [5.74, 6) is 0. The maximum absolute atomic E-state index is 5.80. The number of ether oxygens (including phenoxy) is 1. The van der Waals surface area contributed by atoms with Crippen molar-refractivity contribution < 1.29 is 4.74 Å². The zero-order valence-electron chi connectivity index (χ0n) is 18.2. The third kappa shape index (κ3) is 13.8. The summed E-state index contributed by atoms with van der Waals surface area (Å²) in [5.41, 5.74) is 0. The Bertz CT molecular complexity index is 318. The number of morpholine rings is 1. The summed E-state index contributed by atoms with van der Waals surface area (Å²) in [6, 6.07) is 0. The van der Waals surface area contributed by atoms with Crippen LogP contribution in [0.25, 0.3) is 0 Å². The first kappa shape index (κ1) is 23.7. The van der Waals surface area contributed by atoms with Gasteiger partial charge >= 0.3 is 0 Å². The van der Waals surface area contributed by atoms with Gasteiger partial charge in [-0.2, -0.15) is 0 Å². The van der Waals surface area contributed by atoms with Crippen LogP contribution < -0.4 is 0 Å². The highest BCUT2D eigenvalue weighted by Gasteiger charge is 2.21. The molecular weight excluding hydrogens is 318 g/mol. The van der Waals surface area contributed by atoms with E-state index in [9.17, 15) is 0 Å². The Morgan fingerprint density at radius 2 is 1.15 bits per heavy atom. The minimum atomic E-state index is 0.410. The molecule has 1 fully saturated rings. The monoisotopic (exact) mass is 365 g/mol. The van der Waals surface area contributed by atoms with E-state index in [-0.39, 0.29) is 0 Å². The Hall–Kier alpha value is -0.340. The molecule has 2 heteroatoms. The van der Waals surface area contributed by atoms with Crippen molar-refractivity contribution in [2.24, 2.45) is 0 Å². The van der Waals surface area contributed by atoms with Gasteiger partial charge in [-0.15, -0.1) is 0 Å².